The molecule has 0 amide bonds. The third kappa shape index (κ3) is 5.18. The fourth-order valence-electron chi connectivity index (χ4n) is 2.94. The van der Waals surface area contributed by atoms with Crippen LogP contribution in [0.4, 0.5) is 0 Å². The minimum atomic E-state index is -0.941. The standard InChI is InChI=1S/C19H23ClN2O3/c1-13-10-17(18(23)11-21(3)12-19(24)25)14(2)22(13)9-8-15-4-6-16(20)7-5-15/h4-7,10H,8-9,11-12H2,1-3H3,(H,24,25). The number of carboxylic acid groups (broad SMARTS) is 1. The summed E-state index contributed by atoms with van der Waals surface area (Å²) in [5, 5.41) is 9.52. The summed E-state index contributed by atoms with van der Waals surface area (Å²) in [6, 6.07) is 9.64. The van der Waals surface area contributed by atoms with Crippen LogP contribution in [0.3, 0.4) is 0 Å². The number of Topliss-reactive ketones (excluding diaryl/α,β-unsaturated/α-hetero) is 1. The van der Waals surface area contributed by atoms with Crippen LogP contribution in [0.2, 0.25) is 5.02 Å². The number of nitrogens with zero attached hydrogens (tertiary/aromatic N) is 2. The zero-order valence-corrected chi connectivity index (χ0v) is 15.5. The van der Waals surface area contributed by atoms with Gasteiger partial charge in [0.25, 0.3) is 0 Å². The molecule has 0 bridgehead atoms. The number of aliphatic carboxylic acids is 1. The molecule has 0 saturated heterocycles. The lowest BCUT2D eigenvalue weighted by molar-refractivity contribution is -0.137. The van der Waals surface area contributed by atoms with E-state index >= 15 is 0 Å². The Morgan fingerprint density at radius 3 is 2.40 bits per heavy atom. The number of ketones is 1. The minimum absolute atomic E-state index is 0.0606. The molecule has 1 heterocycles. The average Bonchev–Trinajstić information content (AvgIpc) is 2.81. The van der Waals surface area contributed by atoms with E-state index in [4.69, 9.17) is 16.7 Å². The van der Waals surface area contributed by atoms with E-state index < -0.39 is 5.97 Å². The lowest BCUT2D eigenvalue weighted by Crippen LogP contribution is -2.31. The molecule has 0 fully saturated rings. The lowest BCUT2D eigenvalue weighted by atomic mass is 10.1. The molecule has 0 atom stereocenters. The normalized spacial score (nSPS) is 11.1. The van der Waals surface area contributed by atoms with Crippen LogP contribution in [0.5, 0.6) is 0 Å². The fraction of sp³-hybridized carbons (Fsp3) is 0.368. The highest BCUT2D eigenvalue weighted by atomic mass is 35.5. The molecule has 1 N–H and O–H groups in total. The molecule has 2 rings (SSSR count). The van der Waals surface area contributed by atoms with Crippen LogP contribution >= 0.6 is 11.6 Å². The maximum absolute atomic E-state index is 12.5. The zero-order chi connectivity index (χ0) is 18.6. The number of aryl methyl sites for hydroxylation is 2. The second-order valence-corrected chi connectivity index (χ2v) is 6.74. The molecule has 0 aliphatic rings. The first-order valence-electron chi connectivity index (χ1n) is 8.12. The van der Waals surface area contributed by atoms with Gasteiger partial charge in [0.15, 0.2) is 5.78 Å². The molecule has 0 saturated carbocycles. The Morgan fingerprint density at radius 2 is 1.80 bits per heavy atom. The number of benzene rings is 1. The van der Waals surface area contributed by atoms with Gasteiger partial charge in [-0.3, -0.25) is 14.5 Å². The quantitative estimate of drug-likeness (QED) is 0.732. The Labute approximate surface area is 152 Å². The molecular formula is C19H23ClN2O3. The van der Waals surface area contributed by atoms with Crippen molar-refractivity contribution in [2.45, 2.75) is 26.8 Å². The second-order valence-electron chi connectivity index (χ2n) is 6.30. The van der Waals surface area contributed by atoms with Gasteiger partial charge in [0.1, 0.15) is 0 Å². The maximum atomic E-state index is 12.5. The molecule has 1 aromatic carbocycles. The largest absolute Gasteiger partial charge is 0.480 e. The summed E-state index contributed by atoms with van der Waals surface area (Å²) in [4.78, 5) is 24.7. The van der Waals surface area contributed by atoms with E-state index in [1.807, 2.05) is 44.2 Å². The van der Waals surface area contributed by atoms with Crippen molar-refractivity contribution in [3.8, 4) is 0 Å². The Kier molecular flexibility index (Phi) is 6.39. The molecule has 6 heteroatoms. The molecular weight excluding hydrogens is 340 g/mol. The average molecular weight is 363 g/mol. The first-order valence-corrected chi connectivity index (χ1v) is 8.50. The number of hydrogen-bond donors (Lipinski definition) is 1. The summed E-state index contributed by atoms with van der Waals surface area (Å²) < 4.78 is 2.12. The van der Waals surface area contributed by atoms with E-state index in [-0.39, 0.29) is 18.9 Å². The summed E-state index contributed by atoms with van der Waals surface area (Å²) in [6.07, 6.45) is 0.847. The number of aromatic nitrogens is 1. The Balaban J connectivity index is 2.07. The second kappa shape index (κ2) is 8.32. The van der Waals surface area contributed by atoms with E-state index in [0.717, 1.165) is 29.4 Å². The Hall–Kier alpha value is -2.11. The third-order valence-corrected chi connectivity index (χ3v) is 4.48. The number of hydrogen-bond acceptors (Lipinski definition) is 3. The molecule has 0 unspecified atom stereocenters. The van der Waals surface area contributed by atoms with Gasteiger partial charge < -0.3 is 9.67 Å². The predicted octanol–water partition coefficient (Wildman–Crippen LogP) is 3.20. The van der Waals surface area contributed by atoms with Crippen molar-refractivity contribution in [2.75, 3.05) is 20.1 Å². The summed E-state index contributed by atoms with van der Waals surface area (Å²) in [5.74, 6) is -1.00. The molecule has 0 aliphatic heterocycles. The van der Waals surface area contributed by atoms with Crippen LogP contribution < -0.4 is 0 Å². The van der Waals surface area contributed by atoms with Crippen molar-refractivity contribution in [3.05, 3.63) is 57.9 Å². The maximum Gasteiger partial charge on any atom is 0.317 e. The number of carbonyl (C=O) groups is 2. The molecule has 0 aliphatic carbocycles. The van der Waals surface area contributed by atoms with Crippen molar-refractivity contribution < 1.29 is 14.7 Å². The first kappa shape index (κ1) is 19.2. The summed E-state index contributed by atoms with van der Waals surface area (Å²) >= 11 is 5.91. The summed E-state index contributed by atoms with van der Waals surface area (Å²) in [6.45, 7) is 4.62. The molecule has 0 spiro atoms. The number of carboxylic acids is 1. The van der Waals surface area contributed by atoms with E-state index in [1.54, 1.807) is 7.05 Å². The van der Waals surface area contributed by atoms with Gasteiger partial charge in [-0.15, -0.1) is 0 Å². The van der Waals surface area contributed by atoms with Gasteiger partial charge in [0, 0.05) is 28.5 Å². The van der Waals surface area contributed by atoms with E-state index in [1.165, 1.54) is 10.5 Å². The minimum Gasteiger partial charge on any atom is -0.480 e. The van der Waals surface area contributed by atoms with Gasteiger partial charge >= 0.3 is 5.97 Å². The fourth-order valence-corrected chi connectivity index (χ4v) is 3.06. The van der Waals surface area contributed by atoms with Gasteiger partial charge in [-0.1, -0.05) is 23.7 Å². The number of halogens is 1. The van der Waals surface area contributed by atoms with E-state index in [9.17, 15) is 9.59 Å². The van der Waals surface area contributed by atoms with Gasteiger partial charge in [-0.05, 0) is 51.1 Å². The smallest absolute Gasteiger partial charge is 0.317 e. The summed E-state index contributed by atoms with van der Waals surface area (Å²) in [5.41, 5.74) is 3.78. The number of rotatable bonds is 8. The van der Waals surface area contributed by atoms with Gasteiger partial charge in [-0.2, -0.15) is 0 Å². The number of likely N-dealkylation sites (N-methyl/N-ethyl adjacent to an activating group) is 1. The third-order valence-electron chi connectivity index (χ3n) is 4.23. The van der Waals surface area contributed by atoms with Crippen LogP contribution in [0.25, 0.3) is 0 Å². The molecule has 5 nitrogen and oxygen atoms in total. The topological polar surface area (TPSA) is 62.5 Å². The van der Waals surface area contributed by atoms with Crippen LogP contribution in [0.15, 0.2) is 30.3 Å². The van der Waals surface area contributed by atoms with E-state index in [2.05, 4.69) is 4.57 Å². The van der Waals surface area contributed by atoms with Crippen LogP contribution in [0.1, 0.15) is 27.3 Å². The van der Waals surface area contributed by atoms with Crippen molar-refractivity contribution in [3.63, 3.8) is 0 Å². The van der Waals surface area contributed by atoms with Crippen molar-refractivity contribution >= 4 is 23.4 Å². The molecule has 0 radical (unpaired) electrons. The van der Waals surface area contributed by atoms with Crippen molar-refractivity contribution in [1.82, 2.24) is 9.47 Å². The highest BCUT2D eigenvalue weighted by Crippen LogP contribution is 2.18. The highest BCUT2D eigenvalue weighted by molar-refractivity contribution is 6.30. The first-order chi connectivity index (χ1) is 11.8. The summed E-state index contributed by atoms with van der Waals surface area (Å²) in [7, 11) is 1.63. The zero-order valence-electron chi connectivity index (χ0n) is 14.8. The lowest BCUT2D eigenvalue weighted by Gasteiger charge is -2.13. The van der Waals surface area contributed by atoms with E-state index in [0.29, 0.717) is 5.56 Å². The molecule has 1 aromatic heterocycles. The SMILES string of the molecule is Cc1cc(C(=O)CN(C)CC(=O)O)c(C)n1CCc1ccc(Cl)cc1. The monoisotopic (exact) mass is 362 g/mol. The van der Waals surface area contributed by atoms with Crippen molar-refractivity contribution in [1.29, 1.82) is 0 Å². The van der Waals surface area contributed by atoms with Crippen LogP contribution in [0, 0.1) is 13.8 Å². The molecule has 2 aromatic rings. The van der Waals surface area contributed by atoms with Crippen LogP contribution in [-0.2, 0) is 17.8 Å². The molecule has 134 valence electrons. The van der Waals surface area contributed by atoms with Crippen LogP contribution in [-0.4, -0.2) is 46.5 Å². The van der Waals surface area contributed by atoms with Gasteiger partial charge in [-0.25, -0.2) is 0 Å². The van der Waals surface area contributed by atoms with Gasteiger partial charge in [0.2, 0.25) is 0 Å². The van der Waals surface area contributed by atoms with Crippen molar-refractivity contribution in [2.24, 2.45) is 0 Å². The van der Waals surface area contributed by atoms with Gasteiger partial charge in [0.05, 0.1) is 13.1 Å². The number of carbonyl (C=O) groups excluding carboxylic acids is 1. The predicted molar refractivity (Wildman–Crippen MR) is 98.5 cm³/mol. The highest BCUT2D eigenvalue weighted by Gasteiger charge is 2.18. The molecule has 25 heavy (non-hydrogen) atoms. The Bertz CT molecular complexity index is 766. The Morgan fingerprint density at radius 1 is 1.16 bits per heavy atom.